The molecule has 0 atom stereocenters. The van der Waals surface area contributed by atoms with Crippen LogP contribution in [0.15, 0.2) is 24.3 Å². The predicted molar refractivity (Wildman–Crippen MR) is 101 cm³/mol. The highest BCUT2D eigenvalue weighted by Crippen LogP contribution is 2.28. The van der Waals surface area contributed by atoms with Gasteiger partial charge in [-0.1, -0.05) is 12.1 Å². The third kappa shape index (κ3) is 5.86. The van der Waals surface area contributed by atoms with Crippen molar-refractivity contribution in [3.05, 3.63) is 29.8 Å². The minimum Gasteiger partial charge on any atom is -0.490 e. The van der Waals surface area contributed by atoms with Crippen molar-refractivity contribution in [1.29, 1.82) is 5.26 Å². The van der Waals surface area contributed by atoms with Gasteiger partial charge in [-0.05, 0) is 62.6 Å². The number of piperidine rings is 1. The Hall–Kier alpha value is -2.26. The largest absolute Gasteiger partial charge is 0.490 e. The van der Waals surface area contributed by atoms with Crippen molar-refractivity contribution in [2.24, 2.45) is 0 Å². The number of likely N-dealkylation sites (tertiary alicyclic amines) is 1. The molecule has 0 radical (unpaired) electrons. The Bertz CT molecular complexity index is 639. The summed E-state index contributed by atoms with van der Waals surface area (Å²) in [4.78, 5) is 12.4. The number of benzene rings is 1. The fourth-order valence-corrected chi connectivity index (χ4v) is 3.87. The number of hydrogen-bond acceptors (Lipinski definition) is 4. The fourth-order valence-electron chi connectivity index (χ4n) is 3.87. The number of carboxylic acid groups (broad SMARTS) is 1. The summed E-state index contributed by atoms with van der Waals surface area (Å²) in [6, 6.07) is 10.2. The summed E-state index contributed by atoms with van der Waals surface area (Å²) >= 11 is 0. The molecule has 146 valence electrons. The summed E-state index contributed by atoms with van der Waals surface area (Å²) in [7, 11) is 0. The van der Waals surface area contributed by atoms with Gasteiger partial charge >= 0.3 is 6.09 Å². The monoisotopic (exact) mass is 372 g/mol. The molecule has 1 aliphatic carbocycles. The van der Waals surface area contributed by atoms with E-state index in [0.717, 1.165) is 56.3 Å². The second-order valence-electron chi connectivity index (χ2n) is 7.42. The molecule has 1 aromatic rings. The van der Waals surface area contributed by atoms with Gasteiger partial charge in [0.2, 0.25) is 0 Å². The zero-order chi connectivity index (χ0) is 19.1. The number of nitrogens with zero attached hydrogens (tertiary/aromatic N) is 2. The maximum Gasteiger partial charge on any atom is 0.407 e. The van der Waals surface area contributed by atoms with Crippen LogP contribution in [0.3, 0.4) is 0 Å². The van der Waals surface area contributed by atoms with Gasteiger partial charge in [0.15, 0.2) is 0 Å². The van der Waals surface area contributed by atoms with Crippen LogP contribution in [0.5, 0.6) is 5.75 Å². The lowest BCUT2D eigenvalue weighted by molar-refractivity contribution is -0.0641. The molecule has 3 rings (SSSR count). The molecule has 1 saturated heterocycles. The van der Waals surface area contributed by atoms with E-state index in [2.05, 4.69) is 6.07 Å². The summed E-state index contributed by atoms with van der Waals surface area (Å²) < 4.78 is 12.3. The lowest BCUT2D eigenvalue weighted by Crippen LogP contribution is -2.41. The van der Waals surface area contributed by atoms with Crippen molar-refractivity contribution in [1.82, 2.24) is 4.90 Å². The second kappa shape index (κ2) is 9.61. The Morgan fingerprint density at radius 2 is 1.63 bits per heavy atom. The Balaban J connectivity index is 1.37. The van der Waals surface area contributed by atoms with Crippen LogP contribution in [-0.2, 0) is 11.2 Å². The lowest BCUT2D eigenvalue weighted by Gasteiger charge is -2.35. The van der Waals surface area contributed by atoms with E-state index in [1.807, 2.05) is 24.3 Å². The van der Waals surface area contributed by atoms with Gasteiger partial charge in [0.05, 0.1) is 24.4 Å². The van der Waals surface area contributed by atoms with Crippen molar-refractivity contribution in [2.75, 3.05) is 13.1 Å². The van der Waals surface area contributed by atoms with Crippen LogP contribution in [0.1, 0.15) is 50.5 Å². The van der Waals surface area contributed by atoms with Gasteiger partial charge in [0.1, 0.15) is 5.75 Å². The van der Waals surface area contributed by atoms with Crippen molar-refractivity contribution in [2.45, 2.75) is 69.7 Å². The van der Waals surface area contributed by atoms with Crippen molar-refractivity contribution >= 4 is 6.09 Å². The van der Waals surface area contributed by atoms with E-state index < -0.39 is 6.09 Å². The molecule has 1 aliphatic heterocycles. The lowest BCUT2D eigenvalue weighted by atomic mass is 9.94. The first kappa shape index (κ1) is 19.5. The van der Waals surface area contributed by atoms with Gasteiger partial charge in [-0.3, -0.25) is 0 Å². The molecule has 1 aromatic carbocycles. The number of amides is 1. The molecule has 27 heavy (non-hydrogen) atoms. The van der Waals surface area contributed by atoms with Crippen LogP contribution in [-0.4, -0.2) is 47.5 Å². The van der Waals surface area contributed by atoms with Crippen molar-refractivity contribution in [3.8, 4) is 11.8 Å². The topological polar surface area (TPSA) is 82.8 Å². The first-order valence-electron chi connectivity index (χ1n) is 9.90. The minimum absolute atomic E-state index is 0.184. The number of carbonyl (C=O) groups is 1. The Morgan fingerprint density at radius 1 is 1.04 bits per heavy atom. The van der Waals surface area contributed by atoms with Crippen LogP contribution in [0.4, 0.5) is 4.79 Å². The third-order valence-corrected chi connectivity index (χ3v) is 5.47. The molecule has 6 nitrogen and oxygen atoms in total. The third-order valence-electron chi connectivity index (χ3n) is 5.47. The van der Waals surface area contributed by atoms with E-state index in [1.165, 1.54) is 4.90 Å². The Morgan fingerprint density at radius 3 is 2.22 bits per heavy atom. The second-order valence-corrected chi connectivity index (χ2v) is 7.42. The van der Waals surface area contributed by atoms with Gasteiger partial charge in [-0.25, -0.2) is 4.79 Å². The zero-order valence-electron chi connectivity index (χ0n) is 15.7. The summed E-state index contributed by atoms with van der Waals surface area (Å²) in [5, 5.41) is 17.7. The van der Waals surface area contributed by atoms with E-state index in [0.29, 0.717) is 19.5 Å². The molecule has 1 heterocycles. The van der Waals surface area contributed by atoms with E-state index in [1.54, 1.807) is 0 Å². The van der Waals surface area contributed by atoms with Gasteiger partial charge in [0.25, 0.3) is 0 Å². The molecule has 1 saturated carbocycles. The normalized spacial score (nSPS) is 23.6. The summed E-state index contributed by atoms with van der Waals surface area (Å²) in [5.41, 5.74) is 1.16. The molecular weight excluding hydrogens is 344 g/mol. The number of hydrogen-bond donors (Lipinski definition) is 1. The van der Waals surface area contributed by atoms with Gasteiger partial charge in [-0.15, -0.1) is 0 Å². The molecule has 6 heteroatoms. The summed E-state index contributed by atoms with van der Waals surface area (Å²) in [6.07, 6.45) is 6.69. The average Bonchev–Trinajstić information content (AvgIpc) is 2.69. The molecular formula is C21H28N2O4. The molecule has 2 aliphatic rings. The van der Waals surface area contributed by atoms with Gasteiger partial charge < -0.3 is 19.5 Å². The summed E-state index contributed by atoms with van der Waals surface area (Å²) in [6.45, 7) is 1.14. The quantitative estimate of drug-likeness (QED) is 0.816. The SMILES string of the molecule is N#CCCc1ccc(O[C@H]2CC[C@H](OC3CCN(C(=O)O)CC3)CC2)cc1. The highest BCUT2D eigenvalue weighted by Gasteiger charge is 2.28. The molecule has 0 bridgehead atoms. The van der Waals surface area contributed by atoms with Gasteiger partial charge in [-0.2, -0.15) is 5.26 Å². The Labute approximate surface area is 160 Å². The molecule has 0 unspecified atom stereocenters. The van der Waals surface area contributed by atoms with Crippen molar-refractivity contribution in [3.63, 3.8) is 0 Å². The highest BCUT2D eigenvalue weighted by molar-refractivity contribution is 5.65. The smallest absolute Gasteiger partial charge is 0.407 e. The summed E-state index contributed by atoms with van der Waals surface area (Å²) in [5.74, 6) is 0.890. The first-order valence-corrected chi connectivity index (χ1v) is 9.90. The maximum absolute atomic E-state index is 11.0. The highest BCUT2D eigenvalue weighted by atomic mass is 16.5. The van der Waals surface area contributed by atoms with E-state index in [4.69, 9.17) is 19.8 Å². The van der Waals surface area contributed by atoms with Gasteiger partial charge in [0, 0.05) is 19.5 Å². The number of nitriles is 1. The first-order chi connectivity index (χ1) is 13.1. The number of ether oxygens (including phenoxy) is 2. The van der Waals surface area contributed by atoms with Crippen LogP contribution in [0.25, 0.3) is 0 Å². The van der Waals surface area contributed by atoms with E-state index in [-0.39, 0.29) is 18.3 Å². The number of aryl methyl sites for hydroxylation is 1. The van der Waals surface area contributed by atoms with Crippen LogP contribution < -0.4 is 4.74 Å². The fraction of sp³-hybridized carbons (Fsp3) is 0.619. The van der Waals surface area contributed by atoms with E-state index >= 15 is 0 Å². The van der Waals surface area contributed by atoms with Crippen LogP contribution in [0.2, 0.25) is 0 Å². The maximum atomic E-state index is 11.0. The standard InChI is InChI=1S/C21H28N2O4/c22-13-1-2-16-3-5-17(6-4-16)26-18-7-9-19(10-8-18)27-20-11-14-23(15-12-20)21(24)25/h3-6,18-20H,1-2,7-12,14-15H2,(H,24,25)/t18-,19-. The van der Waals surface area contributed by atoms with E-state index in [9.17, 15) is 4.79 Å². The zero-order valence-corrected chi connectivity index (χ0v) is 15.7. The predicted octanol–water partition coefficient (Wildman–Crippen LogP) is 3.99. The average molecular weight is 372 g/mol. The molecule has 1 amide bonds. The molecule has 1 N–H and O–H groups in total. The van der Waals surface area contributed by atoms with Crippen molar-refractivity contribution < 1.29 is 19.4 Å². The van der Waals surface area contributed by atoms with Crippen LogP contribution >= 0.6 is 0 Å². The Kier molecular flexibility index (Phi) is 6.94. The van der Waals surface area contributed by atoms with Crippen LogP contribution in [0, 0.1) is 11.3 Å². The molecule has 0 aromatic heterocycles. The minimum atomic E-state index is -0.829. The molecule has 0 spiro atoms. The number of rotatable bonds is 6. The molecule has 2 fully saturated rings.